The van der Waals surface area contributed by atoms with Gasteiger partial charge in [0.25, 0.3) is 0 Å². The molecule has 0 unspecified atom stereocenters. The van der Waals surface area contributed by atoms with Crippen molar-refractivity contribution >= 4 is 28.9 Å². The molecule has 3 aromatic rings. The smallest absolute Gasteiger partial charge is 0.307 e. The molecule has 0 saturated heterocycles. The zero-order chi connectivity index (χ0) is 19.1. The zero-order valence-corrected chi connectivity index (χ0v) is 15.4. The predicted molar refractivity (Wildman–Crippen MR) is 104 cm³/mol. The minimum Gasteiger partial charge on any atom is -0.449 e. The van der Waals surface area contributed by atoms with E-state index in [0.717, 1.165) is 0 Å². The van der Waals surface area contributed by atoms with Crippen LogP contribution in [0.2, 0.25) is 0 Å². The monoisotopic (exact) mass is 378 g/mol. The first-order valence-corrected chi connectivity index (χ1v) is 9.43. The Kier molecular flexibility index (Phi) is 6.28. The average Bonchev–Trinajstić information content (AvgIpc) is 3.26. The number of rotatable bonds is 8. The fourth-order valence-corrected chi connectivity index (χ4v) is 3.32. The molecule has 3 rings (SSSR count). The van der Waals surface area contributed by atoms with Crippen LogP contribution in [0.25, 0.3) is 0 Å². The van der Waals surface area contributed by atoms with Gasteiger partial charge in [0.15, 0.2) is 11.9 Å². The summed E-state index contributed by atoms with van der Waals surface area (Å²) in [6.45, 7) is 0. The molecule has 0 N–H and O–H groups in total. The average molecular weight is 378 g/mol. The Balaban J connectivity index is 1.70. The Hall–Kier alpha value is -3.05. The van der Waals surface area contributed by atoms with Gasteiger partial charge in [0.05, 0.1) is 11.3 Å². The fourth-order valence-electron chi connectivity index (χ4n) is 2.62. The molecule has 0 aliphatic rings. The van der Waals surface area contributed by atoms with Gasteiger partial charge in [0.1, 0.15) is 0 Å². The number of hydrogen-bond donors (Lipinski definition) is 0. The molecule has 1 atom stereocenters. The highest BCUT2D eigenvalue weighted by Crippen LogP contribution is 2.23. The summed E-state index contributed by atoms with van der Waals surface area (Å²) in [6.07, 6.45) is -1.04. The molecule has 1 aromatic heterocycles. The van der Waals surface area contributed by atoms with Crippen molar-refractivity contribution in [3.05, 3.63) is 94.2 Å². The largest absolute Gasteiger partial charge is 0.449 e. The third kappa shape index (κ3) is 4.99. The van der Waals surface area contributed by atoms with Crippen LogP contribution in [0.4, 0.5) is 0 Å². The molecule has 0 fully saturated rings. The highest BCUT2D eigenvalue weighted by molar-refractivity contribution is 7.12. The Morgan fingerprint density at radius 3 is 2.11 bits per heavy atom. The number of hydrogen-bond acceptors (Lipinski definition) is 5. The van der Waals surface area contributed by atoms with E-state index in [9.17, 15) is 14.4 Å². The van der Waals surface area contributed by atoms with E-state index in [1.807, 2.05) is 17.5 Å². The number of carbonyl (C=O) groups is 3. The van der Waals surface area contributed by atoms with E-state index in [-0.39, 0.29) is 24.4 Å². The summed E-state index contributed by atoms with van der Waals surface area (Å²) in [5.41, 5.74) is 1.07. The normalized spacial score (nSPS) is 11.6. The molecule has 2 aromatic carbocycles. The van der Waals surface area contributed by atoms with E-state index in [2.05, 4.69) is 0 Å². The molecule has 4 nitrogen and oxygen atoms in total. The van der Waals surface area contributed by atoms with Crippen molar-refractivity contribution in [3.63, 3.8) is 0 Å². The number of carbonyl (C=O) groups excluding carboxylic acids is 3. The van der Waals surface area contributed by atoms with Crippen LogP contribution in [0.3, 0.4) is 0 Å². The van der Waals surface area contributed by atoms with E-state index in [1.165, 1.54) is 11.3 Å². The van der Waals surface area contributed by atoms with Crippen LogP contribution >= 0.6 is 11.3 Å². The third-order valence-electron chi connectivity index (χ3n) is 4.00. The van der Waals surface area contributed by atoms with E-state index in [4.69, 9.17) is 4.74 Å². The van der Waals surface area contributed by atoms with Crippen molar-refractivity contribution in [2.75, 3.05) is 0 Å². The van der Waals surface area contributed by atoms with Crippen LogP contribution in [-0.4, -0.2) is 17.5 Å². The first-order valence-electron chi connectivity index (χ1n) is 8.55. The third-order valence-corrected chi connectivity index (χ3v) is 4.91. The van der Waals surface area contributed by atoms with Crippen molar-refractivity contribution in [2.45, 2.75) is 18.9 Å². The Morgan fingerprint density at radius 1 is 0.815 bits per heavy atom. The van der Waals surface area contributed by atoms with Crippen LogP contribution in [0.5, 0.6) is 0 Å². The highest BCUT2D eigenvalue weighted by atomic mass is 32.1. The van der Waals surface area contributed by atoms with Crippen molar-refractivity contribution in [1.29, 1.82) is 0 Å². The summed E-state index contributed by atoms with van der Waals surface area (Å²) in [5, 5.41) is 1.81. The van der Waals surface area contributed by atoms with Gasteiger partial charge < -0.3 is 4.74 Å². The van der Waals surface area contributed by atoms with Crippen molar-refractivity contribution in [3.8, 4) is 0 Å². The summed E-state index contributed by atoms with van der Waals surface area (Å²) in [7, 11) is 0. The number of benzene rings is 2. The predicted octanol–water partition coefficient (Wildman–Crippen LogP) is 4.88. The lowest BCUT2D eigenvalue weighted by Gasteiger charge is -2.17. The van der Waals surface area contributed by atoms with Crippen LogP contribution in [0.1, 0.15) is 44.5 Å². The molecule has 0 aliphatic heterocycles. The maximum Gasteiger partial charge on any atom is 0.307 e. The van der Waals surface area contributed by atoms with Gasteiger partial charge in [0.2, 0.25) is 5.78 Å². The number of ether oxygens (including phenoxy) is 1. The van der Waals surface area contributed by atoms with Gasteiger partial charge in [-0.3, -0.25) is 14.4 Å². The molecule has 0 saturated carbocycles. The Labute approximate surface area is 161 Å². The zero-order valence-electron chi connectivity index (χ0n) is 14.5. The van der Waals surface area contributed by atoms with Gasteiger partial charge in [-0.25, -0.2) is 0 Å². The number of esters is 1. The molecule has 136 valence electrons. The lowest BCUT2D eigenvalue weighted by Crippen LogP contribution is -2.20. The molecular formula is C22H18O4S. The van der Waals surface area contributed by atoms with E-state index in [1.54, 1.807) is 60.7 Å². The fraction of sp³-hybridized carbons (Fsp3) is 0.136. The number of ketones is 2. The molecule has 1 heterocycles. The second-order valence-electron chi connectivity index (χ2n) is 5.91. The molecule has 0 spiro atoms. The second kappa shape index (κ2) is 9.05. The maximum absolute atomic E-state index is 12.9. The van der Waals surface area contributed by atoms with Gasteiger partial charge in [-0.1, -0.05) is 66.7 Å². The molecule has 0 bridgehead atoms. The quantitative estimate of drug-likeness (QED) is 0.414. The lowest BCUT2D eigenvalue weighted by atomic mass is 10.00. The minimum absolute atomic E-state index is 0.0559. The van der Waals surface area contributed by atoms with Gasteiger partial charge in [-0.15, -0.1) is 11.3 Å². The van der Waals surface area contributed by atoms with Crippen molar-refractivity contribution in [1.82, 2.24) is 0 Å². The van der Waals surface area contributed by atoms with Gasteiger partial charge in [0, 0.05) is 17.5 Å². The first kappa shape index (κ1) is 18.7. The van der Waals surface area contributed by atoms with Gasteiger partial charge >= 0.3 is 5.97 Å². The summed E-state index contributed by atoms with van der Waals surface area (Å²) in [4.78, 5) is 37.8. The van der Waals surface area contributed by atoms with E-state index >= 15 is 0 Å². The minimum atomic E-state index is -1.03. The molecule has 5 heteroatoms. The maximum atomic E-state index is 12.9. The number of thiophene rings is 1. The molecule has 0 radical (unpaired) electrons. The van der Waals surface area contributed by atoms with Gasteiger partial charge in [-0.2, -0.15) is 0 Å². The topological polar surface area (TPSA) is 60.4 Å². The van der Waals surface area contributed by atoms with E-state index in [0.29, 0.717) is 16.0 Å². The van der Waals surface area contributed by atoms with Crippen LogP contribution in [-0.2, 0) is 9.53 Å². The second-order valence-corrected chi connectivity index (χ2v) is 6.86. The number of Topliss-reactive ketones (excluding diaryl/α,β-unsaturated/α-hetero) is 2. The molecular weight excluding hydrogens is 360 g/mol. The van der Waals surface area contributed by atoms with Crippen LogP contribution in [0, 0.1) is 0 Å². The highest BCUT2D eigenvalue weighted by Gasteiger charge is 2.26. The SMILES string of the molecule is O=C(CCC(=O)c1cccs1)O[C@H](C(=O)c1ccccc1)c1ccccc1. The molecule has 27 heavy (non-hydrogen) atoms. The summed E-state index contributed by atoms with van der Waals surface area (Å²) >= 11 is 1.34. The summed E-state index contributed by atoms with van der Waals surface area (Å²) in [6, 6.07) is 21.1. The summed E-state index contributed by atoms with van der Waals surface area (Å²) < 4.78 is 5.48. The molecule has 0 amide bonds. The van der Waals surface area contributed by atoms with Gasteiger partial charge in [-0.05, 0) is 11.4 Å². The van der Waals surface area contributed by atoms with E-state index < -0.39 is 12.1 Å². The van der Waals surface area contributed by atoms with Crippen LogP contribution in [0.15, 0.2) is 78.2 Å². The van der Waals surface area contributed by atoms with Crippen molar-refractivity contribution in [2.24, 2.45) is 0 Å². The lowest BCUT2D eigenvalue weighted by molar-refractivity contribution is -0.147. The first-order chi connectivity index (χ1) is 13.1. The standard InChI is InChI=1S/C22H18O4S/c23-18(19-12-7-15-27-19)13-14-20(24)26-22(17-10-5-2-6-11-17)21(25)16-8-3-1-4-9-16/h1-12,15,22H,13-14H2/t22-/m0/s1. The Morgan fingerprint density at radius 2 is 1.48 bits per heavy atom. The summed E-state index contributed by atoms with van der Waals surface area (Å²) in [5.74, 6) is -0.967. The Bertz CT molecular complexity index is 902. The molecule has 0 aliphatic carbocycles. The van der Waals surface area contributed by atoms with Crippen LogP contribution < -0.4 is 0 Å². The van der Waals surface area contributed by atoms with Crippen molar-refractivity contribution < 1.29 is 19.1 Å².